The fraction of sp³-hybridized carbons (Fsp3) is 0.222. The lowest BCUT2D eigenvalue weighted by molar-refractivity contribution is -0.159. The van der Waals surface area contributed by atoms with E-state index in [1.165, 1.54) is 0 Å². The Morgan fingerprint density at radius 2 is 0.955 bits per heavy atom. The SMILES string of the molecule is O=C(O)[C@H]1[C@H](c2ccccc2)[C@H](C(=O)O)[C@H]1c1ccccc1. The van der Waals surface area contributed by atoms with E-state index in [-0.39, 0.29) is 0 Å². The van der Waals surface area contributed by atoms with Crippen LogP contribution in [-0.4, -0.2) is 22.2 Å². The molecule has 0 heterocycles. The summed E-state index contributed by atoms with van der Waals surface area (Å²) in [5.74, 6) is -4.32. The molecule has 4 nitrogen and oxygen atoms in total. The van der Waals surface area contributed by atoms with E-state index in [0.717, 1.165) is 11.1 Å². The predicted octanol–water partition coefficient (Wildman–Crippen LogP) is 2.97. The van der Waals surface area contributed by atoms with Crippen molar-refractivity contribution >= 4 is 11.9 Å². The molecule has 0 atom stereocenters. The molecular formula is C18H16O4. The number of benzene rings is 2. The van der Waals surface area contributed by atoms with Gasteiger partial charge < -0.3 is 10.2 Å². The number of hydrogen-bond donors (Lipinski definition) is 2. The van der Waals surface area contributed by atoms with Crippen molar-refractivity contribution < 1.29 is 19.8 Å². The Labute approximate surface area is 128 Å². The molecule has 0 bridgehead atoms. The Hall–Kier alpha value is -2.62. The predicted molar refractivity (Wildman–Crippen MR) is 80.6 cm³/mol. The minimum atomic E-state index is -0.944. The first-order valence-corrected chi connectivity index (χ1v) is 7.16. The smallest absolute Gasteiger partial charge is 0.307 e. The molecule has 112 valence electrons. The average molecular weight is 296 g/mol. The van der Waals surface area contributed by atoms with Crippen molar-refractivity contribution in [3.8, 4) is 0 Å². The van der Waals surface area contributed by atoms with Crippen LogP contribution in [0.3, 0.4) is 0 Å². The van der Waals surface area contributed by atoms with E-state index in [1.54, 1.807) is 24.3 Å². The van der Waals surface area contributed by atoms with Gasteiger partial charge in [-0.15, -0.1) is 0 Å². The van der Waals surface area contributed by atoms with Crippen LogP contribution in [0.1, 0.15) is 23.0 Å². The van der Waals surface area contributed by atoms with Crippen molar-refractivity contribution in [3.63, 3.8) is 0 Å². The van der Waals surface area contributed by atoms with Gasteiger partial charge in [0, 0.05) is 11.8 Å². The number of carboxylic acids is 2. The fourth-order valence-corrected chi connectivity index (χ4v) is 3.54. The normalized spacial score (nSPS) is 26.9. The number of carbonyl (C=O) groups is 2. The number of aliphatic carboxylic acids is 2. The molecule has 1 fully saturated rings. The van der Waals surface area contributed by atoms with Crippen molar-refractivity contribution in [2.24, 2.45) is 11.8 Å². The van der Waals surface area contributed by atoms with Crippen molar-refractivity contribution in [1.82, 2.24) is 0 Å². The zero-order valence-corrected chi connectivity index (χ0v) is 11.8. The Morgan fingerprint density at radius 3 is 1.23 bits per heavy atom. The molecule has 0 unspecified atom stereocenters. The average Bonchev–Trinajstić information content (AvgIpc) is 2.47. The van der Waals surface area contributed by atoms with Crippen molar-refractivity contribution in [2.75, 3.05) is 0 Å². The summed E-state index contributed by atoms with van der Waals surface area (Å²) in [6, 6.07) is 18.1. The Morgan fingerprint density at radius 1 is 0.636 bits per heavy atom. The van der Waals surface area contributed by atoms with Crippen LogP contribution in [-0.2, 0) is 9.59 Å². The van der Waals surface area contributed by atoms with Crippen LogP contribution >= 0.6 is 0 Å². The maximum atomic E-state index is 11.7. The molecule has 22 heavy (non-hydrogen) atoms. The third-order valence-electron chi connectivity index (χ3n) is 4.49. The van der Waals surface area contributed by atoms with Gasteiger partial charge in [0.1, 0.15) is 0 Å². The highest BCUT2D eigenvalue weighted by Gasteiger charge is 2.58. The summed E-state index contributed by atoms with van der Waals surface area (Å²) in [6.07, 6.45) is 0. The number of hydrogen-bond acceptors (Lipinski definition) is 2. The zero-order valence-electron chi connectivity index (χ0n) is 11.8. The first-order valence-electron chi connectivity index (χ1n) is 7.16. The molecule has 0 aromatic heterocycles. The second kappa shape index (κ2) is 5.64. The van der Waals surface area contributed by atoms with Gasteiger partial charge in [-0.2, -0.15) is 0 Å². The van der Waals surface area contributed by atoms with Crippen LogP contribution < -0.4 is 0 Å². The summed E-state index contributed by atoms with van der Waals surface area (Å²) in [5.41, 5.74) is 1.55. The molecule has 0 amide bonds. The van der Waals surface area contributed by atoms with Crippen LogP contribution in [0, 0.1) is 11.8 Å². The third kappa shape index (κ3) is 2.26. The quantitative estimate of drug-likeness (QED) is 0.909. The summed E-state index contributed by atoms with van der Waals surface area (Å²) >= 11 is 0. The molecule has 3 rings (SSSR count). The van der Waals surface area contributed by atoms with Gasteiger partial charge in [0.25, 0.3) is 0 Å². The van der Waals surface area contributed by atoms with Gasteiger partial charge in [0.2, 0.25) is 0 Å². The summed E-state index contributed by atoms with van der Waals surface area (Å²) in [6.45, 7) is 0. The molecule has 4 heteroatoms. The third-order valence-corrected chi connectivity index (χ3v) is 4.49. The molecule has 1 aliphatic carbocycles. The summed E-state index contributed by atoms with van der Waals surface area (Å²) in [5, 5.41) is 19.2. The summed E-state index contributed by atoms with van der Waals surface area (Å²) in [4.78, 5) is 23.4. The van der Waals surface area contributed by atoms with Crippen LogP contribution in [0.5, 0.6) is 0 Å². The first kappa shape index (κ1) is 14.3. The van der Waals surface area contributed by atoms with Gasteiger partial charge in [-0.05, 0) is 11.1 Å². The maximum Gasteiger partial charge on any atom is 0.307 e. The number of rotatable bonds is 4. The lowest BCUT2D eigenvalue weighted by Crippen LogP contribution is -2.50. The molecule has 2 aromatic carbocycles. The molecule has 0 saturated heterocycles. The van der Waals surface area contributed by atoms with E-state index >= 15 is 0 Å². The molecule has 2 aromatic rings. The minimum absolute atomic E-state index is 0.499. The highest BCUT2D eigenvalue weighted by atomic mass is 16.4. The van der Waals surface area contributed by atoms with Crippen LogP contribution in [0.15, 0.2) is 60.7 Å². The van der Waals surface area contributed by atoms with Crippen LogP contribution in [0.2, 0.25) is 0 Å². The lowest BCUT2D eigenvalue weighted by atomic mass is 9.52. The highest BCUT2D eigenvalue weighted by molar-refractivity contribution is 5.83. The fourth-order valence-electron chi connectivity index (χ4n) is 3.54. The second-order valence-electron chi connectivity index (χ2n) is 5.60. The minimum Gasteiger partial charge on any atom is -0.481 e. The van der Waals surface area contributed by atoms with Gasteiger partial charge in [-0.25, -0.2) is 0 Å². The van der Waals surface area contributed by atoms with Crippen LogP contribution in [0.4, 0.5) is 0 Å². The largest absolute Gasteiger partial charge is 0.481 e. The van der Waals surface area contributed by atoms with Gasteiger partial charge in [0.15, 0.2) is 0 Å². The first-order chi connectivity index (χ1) is 10.6. The van der Waals surface area contributed by atoms with E-state index in [0.29, 0.717) is 0 Å². The van der Waals surface area contributed by atoms with Gasteiger partial charge in [-0.3, -0.25) is 9.59 Å². The maximum absolute atomic E-state index is 11.7. The lowest BCUT2D eigenvalue weighted by Gasteiger charge is -2.48. The Kier molecular flexibility index (Phi) is 3.67. The number of carboxylic acid groups (broad SMARTS) is 2. The summed E-state index contributed by atoms with van der Waals surface area (Å²) in [7, 11) is 0. The standard InChI is InChI=1S/C18H16O4/c19-17(20)15-13(11-7-3-1-4-8-11)16(18(21)22)14(15)12-9-5-2-6-10-12/h1-10,13-16H,(H,19,20)(H,21,22)/t13-,14-,15-,16-. The van der Waals surface area contributed by atoms with Gasteiger partial charge >= 0.3 is 11.9 Å². The van der Waals surface area contributed by atoms with E-state index < -0.39 is 35.6 Å². The van der Waals surface area contributed by atoms with E-state index in [2.05, 4.69) is 0 Å². The van der Waals surface area contributed by atoms with Crippen molar-refractivity contribution in [3.05, 3.63) is 71.8 Å². The second-order valence-corrected chi connectivity index (χ2v) is 5.60. The molecule has 0 radical (unpaired) electrons. The Bertz CT molecular complexity index is 611. The van der Waals surface area contributed by atoms with Gasteiger partial charge in [0.05, 0.1) is 11.8 Å². The highest BCUT2D eigenvalue weighted by Crippen LogP contribution is 2.57. The monoisotopic (exact) mass is 296 g/mol. The molecule has 1 aliphatic rings. The van der Waals surface area contributed by atoms with E-state index in [9.17, 15) is 19.8 Å². The van der Waals surface area contributed by atoms with Crippen molar-refractivity contribution in [1.29, 1.82) is 0 Å². The Balaban J connectivity index is 2.04. The summed E-state index contributed by atoms with van der Waals surface area (Å²) < 4.78 is 0. The topological polar surface area (TPSA) is 74.6 Å². The molecule has 1 saturated carbocycles. The van der Waals surface area contributed by atoms with E-state index in [1.807, 2.05) is 36.4 Å². The molecule has 2 N–H and O–H groups in total. The van der Waals surface area contributed by atoms with Crippen LogP contribution in [0.25, 0.3) is 0 Å². The molecular weight excluding hydrogens is 280 g/mol. The molecule has 0 aliphatic heterocycles. The molecule has 0 spiro atoms. The van der Waals surface area contributed by atoms with Gasteiger partial charge in [-0.1, -0.05) is 60.7 Å². The van der Waals surface area contributed by atoms with Crippen molar-refractivity contribution in [2.45, 2.75) is 11.8 Å². The zero-order chi connectivity index (χ0) is 15.7. The van der Waals surface area contributed by atoms with E-state index in [4.69, 9.17) is 0 Å².